The molecule has 0 fully saturated rings. The highest BCUT2D eigenvalue weighted by molar-refractivity contribution is 7.20. The minimum Gasteiger partial charge on any atom is -0.191 e. The van der Waals surface area contributed by atoms with Gasteiger partial charge in [0.25, 0.3) is 0 Å². The molecule has 0 aliphatic heterocycles. The Morgan fingerprint density at radius 2 is 2.23 bits per heavy atom. The first-order valence-electron chi connectivity index (χ1n) is 3.81. The van der Waals surface area contributed by atoms with E-state index in [1.807, 2.05) is 25.1 Å². The molecule has 1 aromatic carbocycles. The van der Waals surface area contributed by atoms with Crippen LogP contribution in [0.25, 0.3) is 10.1 Å². The highest BCUT2D eigenvalue weighted by Crippen LogP contribution is 2.36. The summed E-state index contributed by atoms with van der Waals surface area (Å²) >= 11 is 7.50. The van der Waals surface area contributed by atoms with Crippen molar-refractivity contribution in [3.05, 3.63) is 33.7 Å². The topological polar surface area (TPSA) is 23.8 Å². The maximum atomic E-state index is 8.79. The van der Waals surface area contributed by atoms with Crippen LogP contribution in [0.15, 0.2) is 18.2 Å². The van der Waals surface area contributed by atoms with Gasteiger partial charge in [0, 0.05) is 10.1 Å². The molecule has 1 aromatic heterocycles. The van der Waals surface area contributed by atoms with Crippen LogP contribution in [0, 0.1) is 18.3 Å². The monoisotopic (exact) mass is 207 g/mol. The Hall–Kier alpha value is -1.04. The average Bonchev–Trinajstić information content (AvgIpc) is 2.44. The van der Waals surface area contributed by atoms with Crippen molar-refractivity contribution >= 4 is 33.0 Å². The molecule has 3 heteroatoms. The molecule has 64 valence electrons. The average molecular weight is 208 g/mol. The summed E-state index contributed by atoms with van der Waals surface area (Å²) < 4.78 is 1.08. The molecule has 0 spiro atoms. The van der Waals surface area contributed by atoms with Gasteiger partial charge >= 0.3 is 0 Å². The normalized spacial score (nSPS) is 10.2. The zero-order chi connectivity index (χ0) is 9.42. The third-order valence-electron chi connectivity index (χ3n) is 1.97. The van der Waals surface area contributed by atoms with Gasteiger partial charge in [-0.25, -0.2) is 0 Å². The summed E-state index contributed by atoms with van der Waals surface area (Å²) in [5.41, 5.74) is 1.13. The Bertz CT molecular complexity index is 507. The number of nitrogens with zero attached hydrogens (tertiary/aromatic N) is 1. The molecule has 1 nitrogen and oxygen atoms in total. The lowest BCUT2D eigenvalue weighted by Crippen LogP contribution is -1.72. The van der Waals surface area contributed by atoms with Crippen LogP contribution in [-0.4, -0.2) is 0 Å². The zero-order valence-electron chi connectivity index (χ0n) is 6.97. The molecule has 0 saturated heterocycles. The first kappa shape index (κ1) is 8.55. The largest absolute Gasteiger partial charge is 0.191 e. The van der Waals surface area contributed by atoms with Gasteiger partial charge in [-0.05, 0) is 18.6 Å². The number of aryl methyl sites for hydroxylation is 1. The van der Waals surface area contributed by atoms with Gasteiger partial charge in [-0.15, -0.1) is 11.3 Å². The van der Waals surface area contributed by atoms with Crippen LogP contribution in [0.2, 0.25) is 5.02 Å². The molecular weight excluding hydrogens is 202 g/mol. The third kappa shape index (κ3) is 1.21. The van der Waals surface area contributed by atoms with Crippen LogP contribution in [0.4, 0.5) is 0 Å². The van der Waals surface area contributed by atoms with Crippen LogP contribution < -0.4 is 0 Å². The lowest BCUT2D eigenvalue weighted by atomic mass is 10.1. The SMILES string of the molecule is Cc1cccc2sc(C#N)c(Cl)c12. The van der Waals surface area contributed by atoms with Gasteiger partial charge < -0.3 is 0 Å². The summed E-state index contributed by atoms with van der Waals surface area (Å²) in [5.74, 6) is 0. The fourth-order valence-electron chi connectivity index (χ4n) is 1.35. The molecule has 0 atom stereocenters. The molecule has 0 radical (unpaired) electrons. The van der Waals surface area contributed by atoms with E-state index >= 15 is 0 Å². The highest BCUT2D eigenvalue weighted by atomic mass is 35.5. The van der Waals surface area contributed by atoms with Crippen molar-refractivity contribution < 1.29 is 0 Å². The minimum atomic E-state index is 0.598. The lowest BCUT2D eigenvalue weighted by molar-refractivity contribution is 1.52. The molecule has 0 aliphatic rings. The van der Waals surface area contributed by atoms with Crippen LogP contribution in [-0.2, 0) is 0 Å². The lowest BCUT2D eigenvalue weighted by Gasteiger charge is -1.94. The summed E-state index contributed by atoms with van der Waals surface area (Å²) in [6.07, 6.45) is 0. The maximum absolute atomic E-state index is 8.79. The Balaban J connectivity index is 2.95. The molecular formula is C10H6ClNS. The minimum absolute atomic E-state index is 0.598. The van der Waals surface area contributed by atoms with E-state index in [4.69, 9.17) is 16.9 Å². The van der Waals surface area contributed by atoms with E-state index in [-0.39, 0.29) is 0 Å². The van der Waals surface area contributed by atoms with Gasteiger partial charge in [-0.2, -0.15) is 5.26 Å². The number of halogens is 1. The summed E-state index contributed by atoms with van der Waals surface area (Å²) in [6.45, 7) is 2.00. The standard InChI is InChI=1S/C10H6ClNS/c1-6-3-2-4-7-9(6)10(11)8(5-12)13-7/h2-4H,1H3. The van der Waals surface area contributed by atoms with Crippen molar-refractivity contribution in [2.24, 2.45) is 0 Å². The molecule has 2 aromatic rings. The van der Waals surface area contributed by atoms with Crippen LogP contribution in [0.1, 0.15) is 10.4 Å². The molecule has 13 heavy (non-hydrogen) atoms. The second-order valence-corrected chi connectivity index (χ2v) is 4.24. The Morgan fingerprint density at radius 1 is 1.46 bits per heavy atom. The second-order valence-electron chi connectivity index (χ2n) is 2.81. The maximum Gasteiger partial charge on any atom is 0.124 e. The van der Waals surface area contributed by atoms with Gasteiger partial charge in [0.1, 0.15) is 10.9 Å². The smallest absolute Gasteiger partial charge is 0.124 e. The fourth-order valence-corrected chi connectivity index (χ4v) is 2.78. The molecule has 0 aliphatic carbocycles. The molecule has 2 rings (SSSR count). The molecule has 0 N–H and O–H groups in total. The van der Waals surface area contributed by atoms with Gasteiger partial charge in [0.15, 0.2) is 0 Å². The van der Waals surface area contributed by atoms with E-state index in [0.717, 1.165) is 15.6 Å². The molecule has 0 amide bonds. The first-order valence-corrected chi connectivity index (χ1v) is 5.01. The highest BCUT2D eigenvalue weighted by Gasteiger charge is 2.10. The van der Waals surface area contributed by atoms with Gasteiger partial charge in [0.2, 0.25) is 0 Å². The van der Waals surface area contributed by atoms with Crippen molar-refractivity contribution in [2.45, 2.75) is 6.92 Å². The molecule has 0 saturated carbocycles. The summed E-state index contributed by atoms with van der Waals surface area (Å²) in [5, 5.41) is 10.4. The van der Waals surface area contributed by atoms with Crippen LogP contribution >= 0.6 is 22.9 Å². The van der Waals surface area contributed by atoms with E-state index in [2.05, 4.69) is 6.07 Å². The number of hydrogen-bond donors (Lipinski definition) is 0. The molecule has 1 heterocycles. The number of nitriles is 1. The van der Waals surface area contributed by atoms with Crippen molar-refractivity contribution in [3.63, 3.8) is 0 Å². The third-order valence-corrected chi connectivity index (χ3v) is 3.52. The van der Waals surface area contributed by atoms with Gasteiger partial charge in [0.05, 0.1) is 5.02 Å². The predicted molar refractivity (Wildman–Crippen MR) is 56.3 cm³/mol. The van der Waals surface area contributed by atoms with Gasteiger partial charge in [-0.1, -0.05) is 23.7 Å². The number of benzene rings is 1. The van der Waals surface area contributed by atoms with E-state index in [9.17, 15) is 0 Å². The summed E-state index contributed by atoms with van der Waals surface area (Å²) in [4.78, 5) is 0.603. The van der Waals surface area contributed by atoms with E-state index in [0.29, 0.717) is 9.90 Å². The zero-order valence-corrected chi connectivity index (χ0v) is 8.54. The molecule has 0 bridgehead atoms. The second kappa shape index (κ2) is 3.02. The van der Waals surface area contributed by atoms with Crippen LogP contribution in [0.3, 0.4) is 0 Å². The van der Waals surface area contributed by atoms with E-state index in [1.165, 1.54) is 11.3 Å². The molecule has 0 unspecified atom stereocenters. The number of thiophene rings is 1. The quantitative estimate of drug-likeness (QED) is 0.646. The van der Waals surface area contributed by atoms with Crippen LogP contribution in [0.5, 0.6) is 0 Å². The van der Waals surface area contributed by atoms with Crippen molar-refractivity contribution in [2.75, 3.05) is 0 Å². The first-order chi connectivity index (χ1) is 6.24. The number of fused-ring (bicyclic) bond motifs is 1. The van der Waals surface area contributed by atoms with Crippen molar-refractivity contribution in [1.82, 2.24) is 0 Å². The number of hydrogen-bond acceptors (Lipinski definition) is 2. The summed E-state index contributed by atoms with van der Waals surface area (Å²) in [6, 6.07) is 8.06. The van der Waals surface area contributed by atoms with Crippen molar-refractivity contribution in [3.8, 4) is 6.07 Å². The Labute approximate surface area is 85.2 Å². The number of rotatable bonds is 0. The fraction of sp³-hybridized carbons (Fsp3) is 0.100. The Kier molecular flexibility index (Phi) is 1.99. The van der Waals surface area contributed by atoms with Crippen molar-refractivity contribution in [1.29, 1.82) is 5.26 Å². The predicted octanol–water partition coefficient (Wildman–Crippen LogP) is 3.73. The van der Waals surface area contributed by atoms with E-state index < -0.39 is 0 Å². The Morgan fingerprint density at radius 3 is 2.85 bits per heavy atom. The summed E-state index contributed by atoms with van der Waals surface area (Å²) in [7, 11) is 0. The van der Waals surface area contributed by atoms with Gasteiger partial charge in [-0.3, -0.25) is 0 Å². The van der Waals surface area contributed by atoms with E-state index in [1.54, 1.807) is 0 Å².